The molecule has 1 saturated heterocycles. The summed E-state index contributed by atoms with van der Waals surface area (Å²) in [4.78, 5) is 25.7. The third-order valence-electron chi connectivity index (χ3n) is 5.65. The number of amides is 1. The van der Waals surface area contributed by atoms with Crippen LogP contribution in [0, 0.1) is 0 Å². The van der Waals surface area contributed by atoms with E-state index in [9.17, 15) is 4.79 Å². The zero-order chi connectivity index (χ0) is 19.5. The molecule has 1 amide bonds. The molecule has 0 spiro atoms. The molecule has 5 nitrogen and oxygen atoms in total. The molecule has 6 heteroatoms. The molecule has 3 aromatic rings. The Kier molecular flexibility index (Phi) is 5.78. The second-order valence-corrected chi connectivity index (χ2v) is 8.87. The molecule has 0 aliphatic carbocycles. The van der Waals surface area contributed by atoms with Crippen LogP contribution >= 0.6 is 11.3 Å². The fourth-order valence-corrected chi connectivity index (χ4v) is 5.42. The van der Waals surface area contributed by atoms with E-state index in [-0.39, 0.29) is 5.91 Å². The molecule has 0 radical (unpaired) electrons. The van der Waals surface area contributed by atoms with E-state index in [0.717, 1.165) is 30.2 Å². The number of nitrogens with one attached hydrogen (secondary N) is 1. The Morgan fingerprint density at radius 2 is 2.14 bits per heavy atom. The molecule has 0 unspecified atom stereocenters. The number of H-pyrrole nitrogens is 1. The molecule has 0 bridgehead atoms. The lowest BCUT2D eigenvalue weighted by atomic mass is 9.98. The smallest absolute Gasteiger partial charge is 0.263 e. The maximum atomic E-state index is 12.9. The highest BCUT2D eigenvalue weighted by atomic mass is 32.1. The number of imidazole rings is 1. The number of aromatic amines is 1. The van der Waals surface area contributed by atoms with Crippen LogP contribution < -0.4 is 0 Å². The van der Waals surface area contributed by atoms with Gasteiger partial charge in [-0.05, 0) is 42.8 Å². The molecule has 2 aromatic heterocycles. The fraction of sp³-hybridized carbons (Fsp3) is 0.455. The molecule has 0 saturated carbocycles. The molecule has 148 valence electrons. The molecular weight excluding hydrogens is 368 g/mol. The van der Waals surface area contributed by atoms with Crippen molar-refractivity contribution in [1.29, 1.82) is 0 Å². The van der Waals surface area contributed by atoms with Crippen LogP contribution in [-0.2, 0) is 13.0 Å². The number of nitrogens with zero attached hydrogens (tertiary/aromatic N) is 3. The van der Waals surface area contributed by atoms with Gasteiger partial charge in [0.25, 0.3) is 5.91 Å². The Balaban J connectivity index is 1.68. The van der Waals surface area contributed by atoms with E-state index in [4.69, 9.17) is 0 Å². The predicted octanol–water partition coefficient (Wildman–Crippen LogP) is 4.31. The summed E-state index contributed by atoms with van der Waals surface area (Å²) in [6, 6.07) is 8.86. The molecule has 1 fully saturated rings. The van der Waals surface area contributed by atoms with E-state index in [1.54, 1.807) is 16.2 Å². The lowest BCUT2D eigenvalue weighted by Crippen LogP contribution is -2.36. The van der Waals surface area contributed by atoms with Crippen LogP contribution in [0.2, 0.25) is 0 Å². The van der Waals surface area contributed by atoms with Gasteiger partial charge in [0.1, 0.15) is 5.82 Å². The van der Waals surface area contributed by atoms with E-state index in [1.165, 1.54) is 41.3 Å². The highest BCUT2D eigenvalue weighted by Gasteiger charge is 2.27. The Morgan fingerprint density at radius 3 is 2.93 bits per heavy atom. The van der Waals surface area contributed by atoms with Gasteiger partial charge in [-0.1, -0.05) is 31.0 Å². The van der Waals surface area contributed by atoms with Crippen molar-refractivity contribution >= 4 is 27.3 Å². The fourth-order valence-electron chi connectivity index (χ4n) is 4.17. The number of benzene rings is 1. The van der Waals surface area contributed by atoms with Crippen LogP contribution in [-0.4, -0.2) is 52.4 Å². The van der Waals surface area contributed by atoms with Crippen molar-refractivity contribution in [2.45, 2.75) is 44.7 Å². The summed E-state index contributed by atoms with van der Waals surface area (Å²) in [5.74, 6) is 1.13. The molecule has 3 heterocycles. The normalized spacial score (nSPS) is 18.3. The van der Waals surface area contributed by atoms with E-state index < -0.39 is 0 Å². The summed E-state index contributed by atoms with van der Waals surface area (Å²) in [5, 5.41) is 1.24. The topological polar surface area (TPSA) is 52.2 Å². The SMILES string of the molecule is CN(C)C(=O)c1sc2ccccc2c1C[C@@H]1CCCCCN1Cc1ncc[nH]1. The maximum Gasteiger partial charge on any atom is 0.263 e. The van der Waals surface area contributed by atoms with Crippen molar-refractivity contribution in [2.24, 2.45) is 0 Å². The zero-order valence-electron chi connectivity index (χ0n) is 16.6. The van der Waals surface area contributed by atoms with E-state index >= 15 is 0 Å². The summed E-state index contributed by atoms with van der Waals surface area (Å²) in [6.45, 7) is 1.93. The van der Waals surface area contributed by atoms with Crippen molar-refractivity contribution in [3.8, 4) is 0 Å². The van der Waals surface area contributed by atoms with Gasteiger partial charge in [0.15, 0.2) is 0 Å². The molecule has 28 heavy (non-hydrogen) atoms. The first-order valence-electron chi connectivity index (χ1n) is 10.1. The molecule has 1 atom stereocenters. The van der Waals surface area contributed by atoms with E-state index in [1.807, 2.05) is 26.5 Å². The summed E-state index contributed by atoms with van der Waals surface area (Å²) in [6.07, 6.45) is 9.55. The van der Waals surface area contributed by atoms with Crippen LogP contribution in [0.5, 0.6) is 0 Å². The maximum absolute atomic E-state index is 12.9. The van der Waals surface area contributed by atoms with Gasteiger partial charge in [-0.3, -0.25) is 9.69 Å². The third kappa shape index (κ3) is 3.98. The quantitative estimate of drug-likeness (QED) is 0.699. The van der Waals surface area contributed by atoms with Gasteiger partial charge >= 0.3 is 0 Å². The van der Waals surface area contributed by atoms with Crippen LogP contribution in [0.3, 0.4) is 0 Å². The number of fused-ring (bicyclic) bond motifs is 1. The molecule has 1 aromatic carbocycles. The summed E-state index contributed by atoms with van der Waals surface area (Å²) in [7, 11) is 3.68. The number of likely N-dealkylation sites (tertiary alicyclic amines) is 1. The van der Waals surface area contributed by atoms with Gasteiger partial charge in [-0.15, -0.1) is 11.3 Å². The second kappa shape index (κ2) is 8.45. The van der Waals surface area contributed by atoms with Crippen molar-refractivity contribution in [3.05, 3.63) is 52.9 Å². The Hall–Kier alpha value is -2.18. The highest BCUT2D eigenvalue weighted by molar-refractivity contribution is 7.21. The first kappa shape index (κ1) is 19.2. The van der Waals surface area contributed by atoms with Crippen molar-refractivity contribution < 1.29 is 4.79 Å². The van der Waals surface area contributed by atoms with Gasteiger partial charge in [0, 0.05) is 37.2 Å². The predicted molar refractivity (Wildman–Crippen MR) is 115 cm³/mol. The van der Waals surface area contributed by atoms with Gasteiger partial charge < -0.3 is 9.88 Å². The lowest BCUT2D eigenvalue weighted by molar-refractivity contribution is 0.0830. The number of carbonyl (C=O) groups is 1. The third-order valence-corrected chi connectivity index (χ3v) is 6.85. The van der Waals surface area contributed by atoms with Gasteiger partial charge in [0.05, 0.1) is 11.4 Å². The molecule has 1 N–H and O–H groups in total. The molecule has 1 aliphatic heterocycles. The van der Waals surface area contributed by atoms with Crippen LogP contribution in [0.4, 0.5) is 0 Å². The Labute approximate surface area is 170 Å². The monoisotopic (exact) mass is 396 g/mol. The zero-order valence-corrected chi connectivity index (χ0v) is 17.5. The average molecular weight is 397 g/mol. The van der Waals surface area contributed by atoms with Crippen molar-refractivity contribution in [1.82, 2.24) is 19.8 Å². The van der Waals surface area contributed by atoms with Gasteiger partial charge in [-0.25, -0.2) is 4.98 Å². The number of thiophene rings is 1. The molecular formula is C22H28N4OS. The largest absolute Gasteiger partial charge is 0.348 e. The summed E-state index contributed by atoms with van der Waals surface area (Å²) >= 11 is 1.63. The minimum Gasteiger partial charge on any atom is -0.348 e. The minimum atomic E-state index is 0.113. The Morgan fingerprint density at radius 1 is 1.29 bits per heavy atom. The minimum absolute atomic E-state index is 0.113. The average Bonchev–Trinajstić information content (AvgIpc) is 3.27. The van der Waals surface area contributed by atoms with Crippen LogP contribution in [0.25, 0.3) is 10.1 Å². The number of aromatic nitrogens is 2. The summed E-state index contributed by atoms with van der Waals surface area (Å²) < 4.78 is 1.20. The standard InChI is InChI=1S/C22H28N4OS/c1-25(2)22(27)21-18(17-9-5-6-10-19(17)28-21)14-16-8-4-3-7-13-26(16)15-20-23-11-12-24-20/h5-6,9-12,16H,3-4,7-8,13-15H2,1-2H3,(H,23,24)/t16-/m0/s1. The number of rotatable bonds is 5. The van der Waals surface area contributed by atoms with Gasteiger partial charge in [-0.2, -0.15) is 0 Å². The lowest BCUT2D eigenvalue weighted by Gasteiger charge is -2.29. The van der Waals surface area contributed by atoms with Crippen molar-refractivity contribution in [2.75, 3.05) is 20.6 Å². The summed E-state index contributed by atoms with van der Waals surface area (Å²) in [5.41, 5.74) is 1.22. The second-order valence-electron chi connectivity index (χ2n) is 7.82. The van der Waals surface area contributed by atoms with Crippen LogP contribution in [0.1, 0.15) is 46.7 Å². The first-order chi connectivity index (χ1) is 13.6. The first-order valence-corrected chi connectivity index (χ1v) is 10.9. The molecule has 4 rings (SSSR count). The molecule has 1 aliphatic rings. The highest BCUT2D eigenvalue weighted by Crippen LogP contribution is 2.34. The Bertz CT molecular complexity index is 931. The number of hydrogen-bond acceptors (Lipinski definition) is 4. The van der Waals surface area contributed by atoms with Crippen molar-refractivity contribution in [3.63, 3.8) is 0 Å². The van der Waals surface area contributed by atoms with Crippen LogP contribution in [0.15, 0.2) is 36.7 Å². The number of carbonyl (C=O) groups excluding carboxylic acids is 1. The van der Waals surface area contributed by atoms with E-state index in [0.29, 0.717) is 6.04 Å². The number of hydrogen-bond donors (Lipinski definition) is 1. The van der Waals surface area contributed by atoms with Gasteiger partial charge in [0.2, 0.25) is 0 Å². The van der Waals surface area contributed by atoms with E-state index in [2.05, 4.69) is 39.1 Å².